The van der Waals surface area contributed by atoms with Crippen molar-refractivity contribution in [3.8, 4) is 0 Å². The Morgan fingerprint density at radius 1 is 1.22 bits per heavy atom. The summed E-state index contributed by atoms with van der Waals surface area (Å²) in [5, 5.41) is 3.66. The highest BCUT2D eigenvalue weighted by Crippen LogP contribution is 2.26. The smallest absolute Gasteiger partial charge is 0.237 e. The summed E-state index contributed by atoms with van der Waals surface area (Å²) >= 11 is 1.51. The molecule has 1 amide bonds. The van der Waals surface area contributed by atoms with Crippen LogP contribution in [0.25, 0.3) is 0 Å². The Morgan fingerprint density at radius 2 is 1.87 bits per heavy atom. The lowest BCUT2D eigenvalue weighted by atomic mass is 10.2. The van der Waals surface area contributed by atoms with E-state index in [1.807, 2.05) is 44.2 Å². The van der Waals surface area contributed by atoms with Gasteiger partial charge < -0.3 is 9.88 Å². The third-order valence-corrected chi connectivity index (χ3v) is 4.75. The third-order valence-electron chi connectivity index (χ3n) is 3.66. The number of nitrogens with zero attached hydrogens (tertiary/aromatic N) is 2. The molecule has 0 aliphatic carbocycles. The molecule has 1 heterocycles. The number of hydrogen-bond acceptors (Lipinski definition) is 3. The zero-order chi connectivity index (χ0) is 17.0. The van der Waals surface area contributed by atoms with Crippen molar-refractivity contribution >= 4 is 23.4 Å². The second-order valence-corrected chi connectivity index (χ2v) is 7.49. The molecule has 0 spiro atoms. The van der Waals surface area contributed by atoms with Crippen molar-refractivity contribution in [3.05, 3.63) is 41.7 Å². The number of carbonyl (C=O) groups is 1. The molecule has 23 heavy (non-hydrogen) atoms. The summed E-state index contributed by atoms with van der Waals surface area (Å²) in [5.74, 6) is 0.533. The van der Waals surface area contributed by atoms with Crippen LogP contribution in [-0.4, -0.2) is 20.7 Å². The van der Waals surface area contributed by atoms with Crippen LogP contribution in [0.1, 0.15) is 32.2 Å². The Hall–Kier alpha value is -1.75. The van der Waals surface area contributed by atoms with Crippen LogP contribution in [0.4, 0.5) is 5.69 Å². The molecule has 1 N–H and O–H groups in total. The Labute approximate surface area is 142 Å². The van der Waals surface area contributed by atoms with E-state index in [1.54, 1.807) is 0 Å². The Balaban J connectivity index is 2.09. The molecule has 0 saturated heterocycles. The number of aryl methyl sites for hydroxylation is 1. The van der Waals surface area contributed by atoms with Crippen LogP contribution < -0.4 is 5.32 Å². The molecule has 0 radical (unpaired) electrons. The van der Waals surface area contributed by atoms with E-state index in [2.05, 4.69) is 35.6 Å². The molecule has 0 aliphatic heterocycles. The molecule has 1 aromatic heterocycles. The number of thioether (sulfide) groups is 1. The van der Waals surface area contributed by atoms with Crippen LogP contribution in [0.3, 0.4) is 0 Å². The van der Waals surface area contributed by atoms with E-state index in [0.29, 0.717) is 5.92 Å². The highest BCUT2D eigenvalue weighted by molar-refractivity contribution is 8.00. The first-order chi connectivity index (χ1) is 10.9. The molecule has 1 aromatic carbocycles. The van der Waals surface area contributed by atoms with Gasteiger partial charge in [0, 0.05) is 17.9 Å². The van der Waals surface area contributed by atoms with E-state index in [4.69, 9.17) is 0 Å². The predicted octanol–water partition coefficient (Wildman–Crippen LogP) is 4.28. The minimum Gasteiger partial charge on any atom is -0.325 e. The molecule has 124 valence electrons. The fourth-order valence-corrected chi connectivity index (χ4v) is 3.28. The second-order valence-electron chi connectivity index (χ2n) is 6.19. The first-order valence-corrected chi connectivity index (χ1v) is 8.82. The summed E-state index contributed by atoms with van der Waals surface area (Å²) in [6.45, 7) is 11.3. The number of amides is 1. The molecule has 5 heteroatoms. The summed E-state index contributed by atoms with van der Waals surface area (Å²) in [5.41, 5.74) is 3.03. The maximum atomic E-state index is 12.4. The lowest BCUT2D eigenvalue weighted by Gasteiger charge is -2.15. The molecule has 2 rings (SSSR count). The zero-order valence-electron chi connectivity index (χ0n) is 14.5. The Kier molecular flexibility index (Phi) is 5.88. The lowest BCUT2D eigenvalue weighted by molar-refractivity contribution is -0.115. The third kappa shape index (κ3) is 4.61. The van der Waals surface area contributed by atoms with E-state index in [9.17, 15) is 4.79 Å². The van der Waals surface area contributed by atoms with Crippen molar-refractivity contribution < 1.29 is 4.79 Å². The molecule has 2 aromatic rings. The molecule has 0 bridgehead atoms. The highest BCUT2D eigenvalue weighted by atomic mass is 32.2. The first-order valence-electron chi connectivity index (χ1n) is 7.94. The van der Waals surface area contributed by atoms with Crippen LogP contribution in [0, 0.1) is 19.8 Å². The van der Waals surface area contributed by atoms with Crippen LogP contribution >= 0.6 is 11.8 Å². The quantitative estimate of drug-likeness (QED) is 0.804. The molecule has 0 fully saturated rings. The number of aromatic nitrogens is 2. The van der Waals surface area contributed by atoms with Crippen molar-refractivity contribution in [2.75, 3.05) is 5.32 Å². The van der Waals surface area contributed by atoms with Gasteiger partial charge in [-0.05, 0) is 38.8 Å². The number of anilines is 1. The van der Waals surface area contributed by atoms with Crippen molar-refractivity contribution in [2.45, 2.75) is 51.6 Å². The van der Waals surface area contributed by atoms with Crippen molar-refractivity contribution in [1.29, 1.82) is 0 Å². The molecule has 1 atom stereocenters. The van der Waals surface area contributed by atoms with Gasteiger partial charge in [0.1, 0.15) is 0 Å². The normalized spacial score (nSPS) is 12.4. The molecular formula is C18H25N3OS. The summed E-state index contributed by atoms with van der Waals surface area (Å²) < 4.78 is 2.22. The monoisotopic (exact) mass is 331 g/mol. The van der Waals surface area contributed by atoms with Gasteiger partial charge in [-0.2, -0.15) is 0 Å². The number of benzene rings is 1. The Morgan fingerprint density at radius 3 is 2.48 bits per heavy atom. The number of rotatable bonds is 6. The van der Waals surface area contributed by atoms with Gasteiger partial charge in [0.05, 0.1) is 10.9 Å². The second kappa shape index (κ2) is 7.68. The highest BCUT2D eigenvalue weighted by Gasteiger charge is 2.20. The maximum absolute atomic E-state index is 12.4. The van der Waals surface area contributed by atoms with Crippen molar-refractivity contribution in [1.82, 2.24) is 9.55 Å². The summed E-state index contributed by atoms with van der Waals surface area (Å²) in [6, 6.07) is 9.54. The van der Waals surface area contributed by atoms with E-state index in [0.717, 1.165) is 23.1 Å². The van der Waals surface area contributed by atoms with Crippen LogP contribution in [0.15, 0.2) is 35.5 Å². The fraction of sp³-hybridized carbons (Fsp3) is 0.444. The average molecular weight is 331 g/mol. The van der Waals surface area contributed by atoms with Gasteiger partial charge in [-0.1, -0.05) is 43.8 Å². The standard InChI is InChI=1S/C18H25N3OS/c1-12(2)11-21-14(4)13(3)19-18(21)23-15(5)17(22)20-16-9-7-6-8-10-16/h6-10,12,15H,11H2,1-5H3,(H,20,22)/t15-/m0/s1. The van der Waals surface area contributed by atoms with E-state index >= 15 is 0 Å². The van der Waals surface area contributed by atoms with Gasteiger partial charge in [0.2, 0.25) is 5.91 Å². The SMILES string of the molecule is Cc1nc(S[C@@H](C)C(=O)Nc2ccccc2)n(CC(C)C)c1C. The van der Waals surface area contributed by atoms with Gasteiger partial charge in [0.25, 0.3) is 0 Å². The number of imidazole rings is 1. The van der Waals surface area contributed by atoms with E-state index in [1.165, 1.54) is 17.5 Å². The number of para-hydroxylation sites is 1. The molecule has 4 nitrogen and oxygen atoms in total. The Bertz CT molecular complexity index is 664. The maximum Gasteiger partial charge on any atom is 0.237 e. The van der Waals surface area contributed by atoms with Crippen LogP contribution in [0.5, 0.6) is 0 Å². The lowest BCUT2D eigenvalue weighted by Crippen LogP contribution is -2.23. The minimum absolute atomic E-state index is 0.00407. The summed E-state index contributed by atoms with van der Waals surface area (Å²) in [7, 11) is 0. The molecule has 0 unspecified atom stereocenters. The predicted molar refractivity (Wildman–Crippen MR) is 96.9 cm³/mol. The number of nitrogens with one attached hydrogen (secondary N) is 1. The van der Waals surface area contributed by atoms with Gasteiger partial charge in [-0.3, -0.25) is 4.79 Å². The van der Waals surface area contributed by atoms with Crippen LogP contribution in [-0.2, 0) is 11.3 Å². The largest absolute Gasteiger partial charge is 0.325 e. The molecule has 0 saturated carbocycles. The van der Waals surface area contributed by atoms with Gasteiger partial charge in [0.15, 0.2) is 5.16 Å². The minimum atomic E-state index is -0.206. The van der Waals surface area contributed by atoms with E-state index < -0.39 is 0 Å². The van der Waals surface area contributed by atoms with Gasteiger partial charge in [-0.15, -0.1) is 0 Å². The van der Waals surface area contributed by atoms with Crippen LogP contribution in [0.2, 0.25) is 0 Å². The zero-order valence-corrected chi connectivity index (χ0v) is 15.3. The number of hydrogen-bond donors (Lipinski definition) is 1. The van der Waals surface area contributed by atoms with Gasteiger partial charge in [-0.25, -0.2) is 4.98 Å². The molecular weight excluding hydrogens is 306 g/mol. The molecule has 0 aliphatic rings. The number of carbonyl (C=O) groups excluding carboxylic acids is 1. The first kappa shape index (κ1) is 17.6. The summed E-state index contributed by atoms with van der Waals surface area (Å²) in [6.07, 6.45) is 0. The van der Waals surface area contributed by atoms with E-state index in [-0.39, 0.29) is 11.2 Å². The topological polar surface area (TPSA) is 46.9 Å². The summed E-state index contributed by atoms with van der Waals surface area (Å²) in [4.78, 5) is 17.0. The van der Waals surface area contributed by atoms with Gasteiger partial charge >= 0.3 is 0 Å². The van der Waals surface area contributed by atoms with Crippen molar-refractivity contribution in [2.24, 2.45) is 5.92 Å². The van der Waals surface area contributed by atoms with Crippen molar-refractivity contribution in [3.63, 3.8) is 0 Å². The average Bonchev–Trinajstić information content (AvgIpc) is 2.75. The fourth-order valence-electron chi connectivity index (χ4n) is 2.27.